The van der Waals surface area contributed by atoms with Crippen LogP contribution in [0, 0.1) is 0 Å². The van der Waals surface area contributed by atoms with E-state index in [0.717, 1.165) is 15.6 Å². The van der Waals surface area contributed by atoms with Gasteiger partial charge >= 0.3 is 5.97 Å². The largest absolute Gasteiger partial charge is 0.452 e. The number of fused-ring (bicyclic) bond motifs is 1. The Labute approximate surface area is 236 Å². The summed E-state index contributed by atoms with van der Waals surface area (Å²) in [5, 5.41) is 4.74. The molecule has 2 heterocycles. The summed E-state index contributed by atoms with van der Waals surface area (Å²) < 4.78 is 34.1. The first kappa shape index (κ1) is 26.4. The predicted molar refractivity (Wildman–Crippen MR) is 150 cm³/mol. The third-order valence-electron chi connectivity index (χ3n) is 5.78. The van der Waals surface area contributed by atoms with Gasteiger partial charge in [-0.05, 0) is 48.4 Å². The Morgan fingerprint density at radius 1 is 1.11 bits per heavy atom. The smallest absolute Gasteiger partial charge is 0.338 e. The quantitative estimate of drug-likeness (QED) is 0.259. The van der Waals surface area contributed by atoms with Crippen LogP contribution in [0.5, 0.6) is 0 Å². The summed E-state index contributed by atoms with van der Waals surface area (Å²) >= 11 is 10.9. The van der Waals surface area contributed by atoms with Gasteiger partial charge in [0.15, 0.2) is 11.7 Å². The van der Waals surface area contributed by atoms with E-state index in [-0.39, 0.29) is 22.0 Å². The van der Waals surface area contributed by atoms with E-state index in [1.807, 2.05) is 36.4 Å². The van der Waals surface area contributed by atoms with E-state index < -0.39 is 28.5 Å². The van der Waals surface area contributed by atoms with Crippen molar-refractivity contribution in [2.75, 3.05) is 22.8 Å². The Balaban J connectivity index is 1.25. The molecule has 0 saturated carbocycles. The number of benzene rings is 3. The number of rotatable bonds is 7. The fourth-order valence-corrected chi connectivity index (χ4v) is 7.13. The number of halogens is 2. The van der Waals surface area contributed by atoms with Crippen molar-refractivity contribution in [3.05, 3.63) is 92.7 Å². The Morgan fingerprint density at radius 2 is 1.92 bits per heavy atom. The minimum atomic E-state index is -4.03. The first-order valence-corrected chi connectivity index (χ1v) is 14.8. The maximum atomic E-state index is 13.4. The van der Waals surface area contributed by atoms with Crippen LogP contribution in [-0.4, -0.2) is 38.4 Å². The minimum Gasteiger partial charge on any atom is -0.452 e. The fourth-order valence-electron chi connectivity index (χ4n) is 3.99. The number of amides is 1. The van der Waals surface area contributed by atoms with Crippen LogP contribution in [0.4, 0.5) is 10.8 Å². The van der Waals surface area contributed by atoms with E-state index in [2.05, 4.69) is 26.2 Å². The van der Waals surface area contributed by atoms with Crippen molar-refractivity contribution in [1.29, 1.82) is 0 Å². The molecule has 1 aliphatic heterocycles. The SMILES string of the molecule is O=C(COC(=O)c1ccc(Cl)c(S(=O)(=O)N2CCc3ccccc32)c1)Nc1nc(-c2cccc(Br)c2)cs1. The molecule has 1 N–H and O–H groups in total. The highest BCUT2D eigenvalue weighted by molar-refractivity contribution is 9.10. The number of aromatic nitrogens is 1. The molecule has 0 bridgehead atoms. The maximum absolute atomic E-state index is 13.4. The van der Waals surface area contributed by atoms with Crippen molar-refractivity contribution in [1.82, 2.24) is 4.98 Å². The first-order valence-electron chi connectivity index (χ1n) is 11.3. The molecular formula is C26H19BrClN3O5S2. The molecule has 0 unspecified atom stereocenters. The molecule has 1 aliphatic rings. The van der Waals surface area contributed by atoms with Crippen LogP contribution in [-0.2, 0) is 26.0 Å². The van der Waals surface area contributed by atoms with Crippen LogP contribution in [0.2, 0.25) is 5.02 Å². The summed E-state index contributed by atoms with van der Waals surface area (Å²) in [6, 6.07) is 18.7. The van der Waals surface area contributed by atoms with Crippen molar-refractivity contribution < 1.29 is 22.7 Å². The number of nitrogens with zero attached hydrogens (tertiary/aromatic N) is 2. The average molecular weight is 633 g/mol. The lowest BCUT2D eigenvalue weighted by Crippen LogP contribution is -2.29. The van der Waals surface area contributed by atoms with E-state index in [4.69, 9.17) is 16.3 Å². The summed E-state index contributed by atoms with van der Waals surface area (Å²) in [4.78, 5) is 29.2. The molecule has 4 aromatic rings. The van der Waals surface area contributed by atoms with Gasteiger partial charge in [0.25, 0.3) is 15.9 Å². The summed E-state index contributed by atoms with van der Waals surface area (Å²) in [7, 11) is -4.03. The maximum Gasteiger partial charge on any atom is 0.338 e. The van der Waals surface area contributed by atoms with Gasteiger partial charge in [0.05, 0.1) is 22.0 Å². The third kappa shape index (κ3) is 5.46. The molecule has 0 atom stereocenters. The highest BCUT2D eigenvalue weighted by atomic mass is 79.9. The van der Waals surface area contributed by atoms with Gasteiger partial charge in [0, 0.05) is 22.0 Å². The Bertz CT molecular complexity index is 1660. The molecule has 0 radical (unpaired) electrons. The second-order valence-electron chi connectivity index (χ2n) is 8.27. The van der Waals surface area contributed by atoms with Gasteiger partial charge in [-0.2, -0.15) is 0 Å². The van der Waals surface area contributed by atoms with E-state index in [9.17, 15) is 18.0 Å². The second-order valence-corrected chi connectivity index (χ2v) is 12.3. The van der Waals surface area contributed by atoms with Crippen LogP contribution in [0.1, 0.15) is 15.9 Å². The number of thiazole rings is 1. The van der Waals surface area contributed by atoms with Gasteiger partial charge in [-0.3, -0.25) is 14.4 Å². The zero-order valence-electron chi connectivity index (χ0n) is 19.6. The molecule has 1 amide bonds. The number of carbonyl (C=O) groups is 2. The van der Waals surface area contributed by atoms with Gasteiger partial charge in [0.2, 0.25) is 0 Å². The van der Waals surface area contributed by atoms with E-state index in [0.29, 0.717) is 22.9 Å². The Kier molecular flexibility index (Phi) is 7.53. The minimum absolute atomic E-state index is 0.0197. The number of ether oxygens (including phenoxy) is 1. The molecule has 0 aliphatic carbocycles. The van der Waals surface area contributed by atoms with Crippen molar-refractivity contribution in [2.45, 2.75) is 11.3 Å². The summed E-state index contributed by atoms with van der Waals surface area (Å²) in [6.45, 7) is -0.304. The van der Waals surface area contributed by atoms with E-state index >= 15 is 0 Å². The van der Waals surface area contributed by atoms with Gasteiger partial charge < -0.3 is 4.74 Å². The third-order valence-corrected chi connectivity index (χ3v) is 9.33. The predicted octanol–water partition coefficient (Wildman–Crippen LogP) is 5.77. The normalized spacial score (nSPS) is 12.7. The van der Waals surface area contributed by atoms with Gasteiger partial charge in [-0.1, -0.05) is 57.9 Å². The number of nitrogens with one attached hydrogen (secondary N) is 1. The molecule has 12 heteroatoms. The van der Waals surface area contributed by atoms with Crippen LogP contribution in [0.25, 0.3) is 11.3 Å². The second kappa shape index (κ2) is 10.9. The average Bonchev–Trinajstić information content (AvgIpc) is 3.55. The molecule has 5 rings (SSSR count). The first-order chi connectivity index (χ1) is 18.2. The van der Waals surface area contributed by atoms with Gasteiger partial charge in [-0.25, -0.2) is 18.2 Å². The lowest BCUT2D eigenvalue weighted by molar-refractivity contribution is -0.119. The van der Waals surface area contributed by atoms with Crippen molar-refractivity contribution in [2.24, 2.45) is 0 Å². The van der Waals surface area contributed by atoms with Crippen LogP contribution in [0.15, 0.2) is 81.5 Å². The highest BCUT2D eigenvalue weighted by Gasteiger charge is 2.32. The number of hydrogen-bond acceptors (Lipinski definition) is 7. The van der Waals surface area contributed by atoms with Crippen molar-refractivity contribution >= 4 is 71.6 Å². The Hall–Kier alpha value is -3.25. The summed E-state index contributed by atoms with van der Waals surface area (Å²) in [5.41, 5.74) is 3.03. The molecule has 194 valence electrons. The number of sulfonamides is 1. The zero-order chi connectivity index (χ0) is 26.9. The molecule has 0 spiro atoms. The van der Waals surface area contributed by atoms with E-state index in [1.54, 1.807) is 17.5 Å². The number of esters is 1. The van der Waals surface area contributed by atoms with E-state index in [1.165, 1.54) is 33.8 Å². The number of para-hydroxylation sites is 1. The lowest BCUT2D eigenvalue weighted by atomic mass is 10.2. The summed E-state index contributed by atoms with van der Waals surface area (Å²) in [5.74, 6) is -1.44. The van der Waals surface area contributed by atoms with Crippen LogP contribution in [0.3, 0.4) is 0 Å². The monoisotopic (exact) mass is 631 g/mol. The highest BCUT2D eigenvalue weighted by Crippen LogP contribution is 2.35. The number of anilines is 2. The van der Waals surface area contributed by atoms with Crippen molar-refractivity contribution in [3.63, 3.8) is 0 Å². The molecule has 3 aromatic carbocycles. The van der Waals surface area contributed by atoms with Crippen molar-refractivity contribution in [3.8, 4) is 11.3 Å². The van der Waals surface area contributed by atoms with Gasteiger partial charge in [0.1, 0.15) is 4.90 Å². The molecule has 38 heavy (non-hydrogen) atoms. The van der Waals surface area contributed by atoms with Crippen LogP contribution >= 0.6 is 38.9 Å². The topological polar surface area (TPSA) is 106 Å². The molecule has 0 saturated heterocycles. The Morgan fingerprint density at radius 3 is 2.74 bits per heavy atom. The molecular weight excluding hydrogens is 614 g/mol. The molecule has 1 aromatic heterocycles. The zero-order valence-corrected chi connectivity index (χ0v) is 23.5. The van der Waals surface area contributed by atoms with Gasteiger partial charge in [-0.15, -0.1) is 11.3 Å². The number of carbonyl (C=O) groups excluding carboxylic acids is 2. The number of hydrogen-bond donors (Lipinski definition) is 1. The standard InChI is InChI=1S/C26H19BrClN3O5S2/c27-19-6-3-5-17(12-19)21-15-37-26(29-21)30-24(32)14-36-25(33)18-8-9-20(28)23(13-18)38(34,35)31-11-10-16-4-1-2-7-22(16)31/h1-9,12-13,15H,10-11,14H2,(H,29,30,32). The lowest BCUT2D eigenvalue weighted by Gasteiger charge is -2.20. The summed E-state index contributed by atoms with van der Waals surface area (Å²) in [6.07, 6.45) is 0.577. The molecule has 8 nitrogen and oxygen atoms in total. The fraction of sp³-hybridized carbons (Fsp3) is 0.115. The van der Waals surface area contributed by atoms with Crippen LogP contribution < -0.4 is 9.62 Å². The molecule has 0 fully saturated rings.